The van der Waals surface area contributed by atoms with Crippen molar-refractivity contribution in [3.8, 4) is 0 Å². The maximum absolute atomic E-state index is 14.3. The normalized spacial score (nSPS) is 27.4. The Bertz CT molecular complexity index is 589. The van der Waals surface area contributed by atoms with Crippen molar-refractivity contribution in [2.45, 2.75) is 99.8 Å². The van der Waals surface area contributed by atoms with Gasteiger partial charge in [-0.15, -0.1) is 0 Å². The zero-order chi connectivity index (χ0) is 17.8. The van der Waals surface area contributed by atoms with E-state index >= 15 is 0 Å². The highest BCUT2D eigenvalue weighted by Gasteiger charge is 2.32. The molecule has 0 bridgehead atoms. The molecule has 0 aliphatic heterocycles. The Balaban J connectivity index is 0.00000243. The molecular weight excluding hydrogens is 350 g/mol. The molecule has 2 heteroatoms. The summed E-state index contributed by atoms with van der Waals surface area (Å²) in [5.41, 5.74) is 1.02. The molecule has 0 spiro atoms. The Morgan fingerprint density at radius 1 is 0.821 bits per heavy atom. The van der Waals surface area contributed by atoms with Crippen LogP contribution >= 0.6 is 0 Å². The van der Waals surface area contributed by atoms with Gasteiger partial charge in [-0.3, -0.25) is 0 Å². The van der Waals surface area contributed by atoms with Crippen LogP contribution in [0.4, 0.5) is 8.78 Å². The SMILES string of the molecule is C.C.C.CC=CCC1CCC(C2CCC(c3ccc(C)c(F)c3F)CC2)CC1. The van der Waals surface area contributed by atoms with Crippen LogP contribution in [0.25, 0.3) is 0 Å². The second-order valence-corrected chi connectivity index (χ2v) is 8.30. The first kappa shape index (κ1) is 26.8. The smallest absolute Gasteiger partial charge is 0.162 e. The first-order valence-electron chi connectivity index (χ1n) is 10.2. The zero-order valence-corrected chi connectivity index (χ0v) is 15.7. The van der Waals surface area contributed by atoms with E-state index in [1.807, 2.05) is 6.07 Å². The van der Waals surface area contributed by atoms with Crippen molar-refractivity contribution in [1.29, 1.82) is 0 Å². The lowest BCUT2D eigenvalue weighted by atomic mass is 9.68. The Labute approximate surface area is 173 Å². The van der Waals surface area contributed by atoms with E-state index in [0.29, 0.717) is 11.1 Å². The summed E-state index contributed by atoms with van der Waals surface area (Å²) in [6, 6.07) is 3.54. The molecule has 0 atom stereocenters. The fourth-order valence-corrected chi connectivity index (χ4v) is 5.10. The maximum Gasteiger partial charge on any atom is 0.162 e. The highest BCUT2D eigenvalue weighted by atomic mass is 19.2. The van der Waals surface area contributed by atoms with Crippen molar-refractivity contribution < 1.29 is 8.78 Å². The Hall–Kier alpha value is -1.18. The Morgan fingerprint density at radius 3 is 1.89 bits per heavy atom. The summed E-state index contributed by atoms with van der Waals surface area (Å²) in [5, 5.41) is 0. The molecule has 0 saturated heterocycles. The summed E-state index contributed by atoms with van der Waals surface area (Å²) in [6.07, 6.45) is 15.6. The minimum absolute atomic E-state index is 0. The highest BCUT2D eigenvalue weighted by Crippen LogP contribution is 2.45. The molecule has 0 amide bonds. The third-order valence-corrected chi connectivity index (χ3v) is 6.78. The van der Waals surface area contributed by atoms with Gasteiger partial charge in [0.2, 0.25) is 0 Å². The lowest BCUT2D eigenvalue weighted by molar-refractivity contribution is 0.160. The Kier molecular flexibility index (Phi) is 11.9. The van der Waals surface area contributed by atoms with Crippen LogP contribution in [0.5, 0.6) is 0 Å². The van der Waals surface area contributed by atoms with Crippen LogP contribution in [0, 0.1) is 36.3 Å². The molecule has 28 heavy (non-hydrogen) atoms. The van der Waals surface area contributed by atoms with Gasteiger partial charge in [-0.2, -0.15) is 0 Å². The van der Waals surface area contributed by atoms with Crippen LogP contribution in [0.15, 0.2) is 24.3 Å². The third-order valence-electron chi connectivity index (χ3n) is 6.78. The number of rotatable bonds is 4. The molecule has 3 rings (SSSR count). The van der Waals surface area contributed by atoms with Gasteiger partial charge in [-0.05, 0) is 106 Å². The summed E-state index contributed by atoms with van der Waals surface area (Å²) in [5.74, 6) is 1.50. The van der Waals surface area contributed by atoms with E-state index in [1.54, 1.807) is 13.0 Å². The molecule has 0 nitrogen and oxygen atoms in total. The van der Waals surface area contributed by atoms with Crippen molar-refractivity contribution >= 4 is 0 Å². The molecule has 0 heterocycles. The summed E-state index contributed by atoms with van der Waals surface area (Å²) < 4.78 is 28.1. The first-order chi connectivity index (χ1) is 12.1. The summed E-state index contributed by atoms with van der Waals surface area (Å²) in [7, 11) is 0. The van der Waals surface area contributed by atoms with Gasteiger partial charge in [0, 0.05) is 0 Å². The highest BCUT2D eigenvalue weighted by molar-refractivity contribution is 5.28. The van der Waals surface area contributed by atoms with Gasteiger partial charge in [0.1, 0.15) is 0 Å². The third kappa shape index (κ3) is 6.16. The molecule has 2 fully saturated rings. The average Bonchev–Trinajstić information content (AvgIpc) is 2.65. The molecule has 0 aromatic heterocycles. The van der Waals surface area contributed by atoms with Gasteiger partial charge in [-0.25, -0.2) is 8.78 Å². The number of hydrogen-bond acceptors (Lipinski definition) is 0. The quantitative estimate of drug-likeness (QED) is 0.446. The van der Waals surface area contributed by atoms with Gasteiger partial charge in [0.15, 0.2) is 11.6 Å². The molecular formula is C26H44F2. The molecule has 0 radical (unpaired) electrons. The molecule has 1 aromatic carbocycles. The van der Waals surface area contributed by atoms with E-state index in [0.717, 1.165) is 30.6 Å². The average molecular weight is 395 g/mol. The minimum atomic E-state index is -0.654. The van der Waals surface area contributed by atoms with Crippen molar-refractivity contribution in [3.05, 3.63) is 47.0 Å². The minimum Gasteiger partial charge on any atom is -0.203 e. The van der Waals surface area contributed by atoms with Gasteiger partial charge in [0.05, 0.1) is 0 Å². The summed E-state index contributed by atoms with van der Waals surface area (Å²) in [6.45, 7) is 3.73. The van der Waals surface area contributed by atoms with Crippen LogP contribution in [-0.2, 0) is 0 Å². The predicted octanol–water partition coefficient (Wildman–Crippen LogP) is 9.23. The number of allylic oxidation sites excluding steroid dienone is 2. The second kappa shape index (κ2) is 12.4. The fraction of sp³-hybridized carbons (Fsp3) is 0.692. The molecule has 2 aliphatic carbocycles. The molecule has 0 N–H and O–H groups in total. The molecule has 1 aromatic rings. The van der Waals surface area contributed by atoms with Crippen LogP contribution in [0.1, 0.15) is 104 Å². The molecule has 2 saturated carbocycles. The molecule has 162 valence electrons. The molecule has 2 aliphatic rings. The van der Waals surface area contributed by atoms with Gasteiger partial charge in [-0.1, -0.05) is 46.6 Å². The summed E-state index contributed by atoms with van der Waals surface area (Å²) >= 11 is 0. The van der Waals surface area contributed by atoms with E-state index in [1.165, 1.54) is 44.9 Å². The number of aryl methyl sites for hydroxylation is 1. The first-order valence-corrected chi connectivity index (χ1v) is 10.2. The second-order valence-electron chi connectivity index (χ2n) is 8.30. The number of benzene rings is 1. The zero-order valence-electron chi connectivity index (χ0n) is 15.7. The monoisotopic (exact) mass is 394 g/mol. The summed E-state index contributed by atoms with van der Waals surface area (Å²) in [4.78, 5) is 0. The predicted molar refractivity (Wildman–Crippen MR) is 121 cm³/mol. The van der Waals surface area contributed by atoms with Crippen molar-refractivity contribution in [2.75, 3.05) is 0 Å². The van der Waals surface area contributed by atoms with E-state index in [-0.39, 0.29) is 28.2 Å². The van der Waals surface area contributed by atoms with Crippen LogP contribution in [0.3, 0.4) is 0 Å². The topological polar surface area (TPSA) is 0 Å². The van der Waals surface area contributed by atoms with Gasteiger partial charge in [0.25, 0.3) is 0 Å². The molecule has 0 unspecified atom stereocenters. The van der Waals surface area contributed by atoms with Crippen molar-refractivity contribution in [3.63, 3.8) is 0 Å². The van der Waals surface area contributed by atoms with Gasteiger partial charge < -0.3 is 0 Å². The fourth-order valence-electron chi connectivity index (χ4n) is 5.10. The van der Waals surface area contributed by atoms with Crippen LogP contribution in [-0.4, -0.2) is 0 Å². The number of halogens is 2. The Morgan fingerprint density at radius 2 is 1.36 bits per heavy atom. The van der Waals surface area contributed by atoms with Crippen LogP contribution < -0.4 is 0 Å². The lowest BCUT2D eigenvalue weighted by Gasteiger charge is -2.38. The standard InChI is InChI=1S/C23H32F2.3CH4/c1-3-4-5-17-7-9-18(10-8-17)19-11-13-20(14-12-19)21-15-6-16(2)22(24)23(21)25;;;/h3-4,6,15,17-20H,5,7-14H2,1-2H3;3*1H4. The largest absolute Gasteiger partial charge is 0.203 e. The van der Waals surface area contributed by atoms with Crippen LogP contribution in [0.2, 0.25) is 0 Å². The van der Waals surface area contributed by atoms with E-state index in [4.69, 9.17) is 0 Å². The lowest BCUT2D eigenvalue weighted by Crippen LogP contribution is -2.25. The maximum atomic E-state index is 14.3. The van der Waals surface area contributed by atoms with Crippen molar-refractivity contribution in [1.82, 2.24) is 0 Å². The van der Waals surface area contributed by atoms with Gasteiger partial charge >= 0.3 is 0 Å². The number of hydrogen-bond donors (Lipinski definition) is 0. The van der Waals surface area contributed by atoms with E-state index in [9.17, 15) is 8.78 Å². The van der Waals surface area contributed by atoms with Crippen molar-refractivity contribution in [2.24, 2.45) is 17.8 Å². The van der Waals surface area contributed by atoms with E-state index < -0.39 is 11.6 Å². The van der Waals surface area contributed by atoms with E-state index in [2.05, 4.69) is 19.1 Å².